The average molecular weight is 418 g/mol. The van der Waals surface area contributed by atoms with Crippen molar-refractivity contribution in [2.75, 3.05) is 11.6 Å². The largest absolute Gasteiger partial charge is 0.447 e. The van der Waals surface area contributed by atoms with Crippen LogP contribution in [-0.4, -0.2) is 31.2 Å². The average Bonchev–Trinajstić information content (AvgIpc) is 2.98. The van der Waals surface area contributed by atoms with Crippen molar-refractivity contribution in [2.45, 2.75) is 18.3 Å². The summed E-state index contributed by atoms with van der Waals surface area (Å²) in [5.74, 6) is 0.336. The van der Waals surface area contributed by atoms with Crippen LogP contribution in [0.25, 0.3) is 16.9 Å². The minimum atomic E-state index is -0.743. The summed E-state index contributed by atoms with van der Waals surface area (Å²) in [7, 11) is 0. The van der Waals surface area contributed by atoms with Crippen LogP contribution >= 0.6 is 11.8 Å². The molecule has 150 valence electrons. The lowest BCUT2D eigenvalue weighted by Crippen LogP contribution is -2.26. The van der Waals surface area contributed by atoms with Gasteiger partial charge in [-0.25, -0.2) is 4.68 Å². The maximum Gasteiger partial charge on any atom is 0.280 e. The Morgan fingerprint density at radius 3 is 2.63 bits per heavy atom. The smallest absolute Gasteiger partial charge is 0.280 e. The Morgan fingerprint density at radius 2 is 1.83 bits per heavy atom. The van der Waals surface area contributed by atoms with E-state index in [1.165, 1.54) is 16.4 Å². The van der Waals surface area contributed by atoms with Crippen LogP contribution in [0.4, 0.5) is 5.69 Å². The van der Waals surface area contributed by atoms with Crippen LogP contribution in [0.2, 0.25) is 0 Å². The first-order valence-corrected chi connectivity index (χ1v) is 10.6. The summed E-state index contributed by atoms with van der Waals surface area (Å²) < 4.78 is 7.72. The highest BCUT2D eigenvalue weighted by Gasteiger charge is 2.30. The molecule has 2 N–H and O–H groups in total. The van der Waals surface area contributed by atoms with Crippen molar-refractivity contribution < 1.29 is 4.74 Å². The molecule has 5 rings (SSSR count). The number of para-hydroxylation sites is 2. The monoisotopic (exact) mass is 418 g/mol. The van der Waals surface area contributed by atoms with Crippen molar-refractivity contribution in [3.63, 3.8) is 0 Å². The van der Waals surface area contributed by atoms with E-state index < -0.39 is 6.23 Å². The summed E-state index contributed by atoms with van der Waals surface area (Å²) in [6.45, 7) is 1.85. The lowest BCUT2D eigenvalue weighted by Gasteiger charge is -2.17. The van der Waals surface area contributed by atoms with Crippen molar-refractivity contribution in [3.8, 4) is 22.8 Å². The summed E-state index contributed by atoms with van der Waals surface area (Å²) >= 11 is 1.38. The highest BCUT2D eigenvalue weighted by molar-refractivity contribution is 7.98. The van der Waals surface area contributed by atoms with E-state index in [0.717, 1.165) is 16.9 Å². The van der Waals surface area contributed by atoms with Crippen LogP contribution in [0.5, 0.6) is 5.88 Å². The van der Waals surface area contributed by atoms with Gasteiger partial charge in [0.15, 0.2) is 5.69 Å². The Hall–Kier alpha value is -3.59. The van der Waals surface area contributed by atoms with Gasteiger partial charge in [-0.1, -0.05) is 48.2 Å². The van der Waals surface area contributed by atoms with Crippen molar-refractivity contribution in [1.29, 1.82) is 0 Å². The molecular formula is C21H18N6O2S. The van der Waals surface area contributed by atoms with Gasteiger partial charge in [-0.05, 0) is 31.4 Å². The molecule has 2 aromatic heterocycles. The van der Waals surface area contributed by atoms with E-state index in [1.54, 1.807) is 0 Å². The lowest BCUT2D eigenvalue weighted by molar-refractivity contribution is 0.223. The number of benzene rings is 2. The van der Waals surface area contributed by atoms with Gasteiger partial charge in [0, 0.05) is 16.9 Å². The molecule has 30 heavy (non-hydrogen) atoms. The summed E-state index contributed by atoms with van der Waals surface area (Å²) in [5, 5.41) is 15.5. The number of fused-ring (bicyclic) bond motifs is 3. The van der Waals surface area contributed by atoms with E-state index in [-0.39, 0.29) is 5.56 Å². The van der Waals surface area contributed by atoms with Crippen LogP contribution in [0.15, 0.2) is 64.5 Å². The molecule has 1 unspecified atom stereocenters. The van der Waals surface area contributed by atoms with E-state index in [2.05, 4.69) is 25.6 Å². The maximum absolute atomic E-state index is 13.3. The number of hydrogen-bond donors (Lipinski definition) is 2. The molecule has 3 heterocycles. The number of aryl methyl sites for hydroxylation is 1. The molecular weight excluding hydrogens is 400 g/mol. The summed E-state index contributed by atoms with van der Waals surface area (Å²) in [4.78, 5) is 17.8. The summed E-state index contributed by atoms with van der Waals surface area (Å²) in [6.07, 6.45) is 1.13. The number of nitrogens with zero attached hydrogens (tertiary/aromatic N) is 4. The van der Waals surface area contributed by atoms with Crippen molar-refractivity contribution in [3.05, 3.63) is 76.2 Å². The first-order valence-electron chi connectivity index (χ1n) is 9.34. The first-order chi connectivity index (χ1) is 14.7. The predicted octanol–water partition coefficient (Wildman–Crippen LogP) is 3.55. The molecule has 0 radical (unpaired) electrons. The number of nitrogens with one attached hydrogen (secondary N) is 2. The van der Waals surface area contributed by atoms with Crippen LogP contribution in [-0.2, 0) is 0 Å². The third-order valence-corrected chi connectivity index (χ3v) is 5.45. The molecule has 0 bridgehead atoms. The van der Waals surface area contributed by atoms with Gasteiger partial charge in [-0.3, -0.25) is 9.89 Å². The van der Waals surface area contributed by atoms with Gasteiger partial charge in [0.05, 0.1) is 5.69 Å². The lowest BCUT2D eigenvalue weighted by atomic mass is 10.1. The molecule has 1 aliphatic rings. The van der Waals surface area contributed by atoms with E-state index >= 15 is 0 Å². The third-order valence-electron chi connectivity index (χ3n) is 4.91. The van der Waals surface area contributed by atoms with Gasteiger partial charge in [-0.2, -0.15) is 4.98 Å². The SMILES string of the molecule is CSc1nnc2c(n1)OC(c1c(C)[nH]n(-c3ccccc3)c1=O)Nc1ccccc1-2. The molecule has 0 fully saturated rings. The highest BCUT2D eigenvalue weighted by Crippen LogP contribution is 2.39. The van der Waals surface area contributed by atoms with Crippen molar-refractivity contribution >= 4 is 17.4 Å². The molecule has 2 aromatic carbocycles. The number of hydrogen-bond acceptors (Lipinski definition) is 7. The van der Waals surface area contributed by atoms with Gasteiger partial charge >= 0.3 is 0 Å². The van der Waals surface area contributed by atoms with Crippen LogP contribution in [0.3, 0.4) is 0 Å². The van der Waals surface area contributed by atoms with Crippen molar-refractivity contribution in [1.82, 2.24) is 25.0 Å². The van der Waals surface area contributed by atoms with Crippen LogP contribution in [0.1, 0.15) is 17.5 Å². The normalized spacial score (nSPS) is 14.8. The molecule has 0 amide bonds. The van der Waals surface area contributed by atoms with Gasteiger partial charge in [-0.15, -0.1) is 10.2 Å². The third kappa shape index (κ3) is 3.03. The Morgan fingerprint density at radius 1 is 1.07 bits per heavy atom. The van der Waals surface area contributed by atoms with Gasteiger partial charge < -0.3 is 10.1 Å². The van der Waals surface area contributed by atoms with Gasteiger partial charge in [0.1, 0.15) is 5.56 Å². The molecule has 8 nitrogen and oxygen atoms in total. The quantitative estimate of drug-likeness (QED) is 0.491. The first kappa shape index (κ1) is 18.4. The molecule has 4 aromatic rings. The van der Waals surface area contributed by atoms with E-state index in [4.69, 9.17) is 4.74 Å². The predicted molar refractivity (Wildman–Crippen MR) is 115 cm³/mol. The number of anilines is 1. The molecule has 1 aliphatic heterocycles. The second kappa shape index (κ2) is 7.34. The Bertz CT molecular complexity index is 1280. The molecule has 0 aliphatic carbocycles. The number of ether oxygens (including phenoxy) is 1. The van der Waals surface area contributed by atoms with Crippen LogP contribution in [0, 0.1) is 6.92 Å². The fourth-order valence-corrected chi connectivity index (χ4v) is 3.79. The fraction of sp³-hybridized carbons (Fsp3) is 0.143. The van der Waals surface area contributed by atoms with Gasteiger partial charge in [0.25, 0.3) is 5.56 Å². The molecule has 1 atom stereocenters. The zero-order valence-corrected chi connectivity index (χ0v) is 17.1. The minimum Gasteiger partial charge on any atom is -0.447 e. The number of aromatic nitrogens is 5. The summed E-state index contributed by atoms with van der Waals surface area (Å²) in [6, 6.07) is 17.1. The Kier molecular flexibility index (Phi) is 4.51. The highest BCUT2D eigenvalue weighted by atomic mass is 32.2. The Balaban J connectivity index is 1.66. The minimum absolute atomic E-state index is 0.191. The Labute approximate surface area is 176 Å². The van der Waals surface area contributed by atoms with Crippen molar-refractivity contribution in [2.24, 2.45) is 0 Å². The fourth-order valence-electron chi connectivity index (χ4n) is 3.49. The second-order valence-electron chi connectivity index (χ2n) is 6.77. The number of thioether (sulfide) groups is 1. The second-order valence-corrected chi connectivity index (χ2v) is 7.54. The standard InChI is InChI=1S/C21H18N6O2S/c1-12-16(20(28)27(26-12)13-8-4-3-5-9-13)18-22-15-11-7-6-10-14(15)17-19(29-18)23-21(30-2)25-24-17/h3-11,18,22,26H,1-2H3. The van der Waals surface area contributed by atoms with E-state index in [0.29, 0.717) is 28.0 Å². The van der Waals surface area contributed by atoms with Gasteiger partial charge in [0.2, 0.25) is 17.3 Å². The number of H-pyrrole nitrogens is 1. The number of rotatable bonds is 3. The van der Waals surface area contributed by atoms with E-state index in [1.807, 2.05) is 67.8 Å². The topological polar surface area (TPSA) is 97.7 Å². The molecule has 0 saturated carbocycles. The molecule has 0 saturated heterocycles. The maximum atomic E-state index is 13.3. The number of aromatic amines is 1. The molecule has 9 heteroatoms. The molecule has 0 spiro atoms. The van der Waals surface area contributed by atoms with E-state index in [9.17, 15) is 4.79 Å². The van der Waals surface area contributed by atoms with Crippen LogP contribution < -0.4 is 15.6 Å². The summed E-state index contributed by atoms with van der Waals surface area (Å²) in [5.41, 5.74) is 3.89. The zero-order chi connectivity index (χ0) is 20.7. The zero-order valence-electron chi connectivity index (χ0n) is 16.3.